The molecule has 0 fully saturated rings. The lowest BCUT2D eigenvalue weighted by Crippen LogP contribution is -1.84. The Labute approximate surface area is 80.2 Å². The molecular formula is C10H8N2S. The van der Waals surface area contributed by atoms with E-state index in [0.717, 1.165) is 10.7 Å². The molecular weight excluding hydrogens is 180 g/mol. The topological polar surface area (TPSA) is 17.3 Å². The van der Waals surface area contributed by atoms with Crippen LogP contribution in [0.4, 0.5) is 0 Å². The maximum absolute atomic E-state index is 5.30. The average Bonchev–Trinajstić information content (AvgIpc) is 2.72. The van der Waals surface area contributed by atoms with Gasteiger partial charge in [-0.2, -0.15) is 0 Å². The molecule has 0 saturated carbocycles. The number of fused-ring (bicyclic) bond motifs is 3. The molecule has 2 nitrogen and oxygen atoms in total. The van der Waals surface area contributed by atoms with Crippen molar-refractivity contribution in [3.05, 3.63) is 22.5 Å². The van der Waals surface area contributed by atoms with Crippen LogP contribution in [0.25, 0.3) is 4.96 Å². The Morgan fingerprint density at radius 1 is 1.54 bits per heavy atom. The highest BCUT2D eigenvalue weighted by Crippen LogP contribution is 2.30. The highest BCUT2D eigenvalue weighted by molar-refractivity contribution is 7.17. The van der Waals surface area contributed by atoms with E-state index in [-0.39, 0.29) is 0 Å². The molecule has 0 spiro atoms. The molecule has 3 heteroatoms. The predicted octanol–water partition coefficient (Wildman–Crippen LogP) is 1.87. The van der Waals surface area contributed by atoms with E-state index >= 15 is 0 Å². The molecule has 0 N–H and O–H groups in total. The molecule has 0 unspecified atom stereocenters. The third-order valence-electron chi connectivity index (χ3n) is 2.47. The van der Waals surface area contributed by atoms with E-state index in [1.165, 1.54) is 29.8 Å². The Morgan fingerprint density at radius 3 is 3.31 bits per heavy atom. The van der Waals surface area contributed by atoms with E-state index in [0.29, 0.717) is 0 Å². The normalized spacial score (nSPS) is 14.7. The van der Waals surface area contributed by atoms with Gasteiger partial charge in [0.2, 0.25) is 0 Å². The van der Waals surface area contributed by atoms with E-state index in [1.54, 1.807) is 11.3 Å². The minimum Gasteiger partial charge on any atom is -0.293 e. The van der Waals surface area contributed by atoms with Crippen LogP contribution in [0, 0.1) is 12.3 Å². The first-order valence-corrected chi connectivity index (χ1v) is 5.16. The summed E-state index contributed by atoms with van der Waals surface area (Å²) in [5.41, 5.74) is 2.18. The first-order valence-electron chi connectivity index (χ1n) is 4.35. The first kappa shape index (κ1) is 7.16. The lowest BCUT2D eigenvalue weighted by atomic mass is 10.4. The summed E-state index contributed by atoms with van der Waals surface area (Å²) in [5, 5.41) is 0. The van der Waals surface area contributed by atoms with Crippen LogP contribution in [-0.2, 0) is 12.8 Å². The van der Waals surface area contributed by atoms with Gasteiger partial charge in [-0.1, -0.05) is 0 Å². The van der Waals surface area contributed by atoms with Crippen LogP contribution in [0.5, 0.6) is 0 Å². The molecule has 0 bridgehead atoms. The van der Waals surface area contributed by atoms with Crippen LogP contribution in [0.2, 0.25) is 0 Å². The zero-order valence-corrected chi connectivity index (χ0v) is 7.90. The van der Waals surface area contributed by atoms with E-state index in [4.69, 9.17) is 6.42 Å². The maximum atomic E-state index is 5.30. The van der Waals surface area contributed by atoms with Crippen molar-refractivity contribution < 1.29 is 0 Å². The molecule has 1 aliphatic carbocycles. The Bertz CT molecular complexity index is 513. The molecule has 0 atom stereocenters. The lowest BCUT2D eigenvalue weighted by Gasteiger charge is -1.88. The van der Waals surface area contributed by atoms with Gasteiger partial charge in [0.1, 0.15) is 5.69 Å². The smallest absolute Gasteiger partial charge is 0.195 e. The zero-order chi connectivity index (χ0) is 8.84. The van der Waals surface area contributed by atoms with Crippen LogP contribution in [-0.4, -0.2) is 9.38 Å². The molecule has 2 heterocycles. The van der Waals surface area contributed by atoms with Crippen molar-refractivity contribution in [1.82, 2.24) is 9.38 Å². The van der Waals surface area contributed by atoms with Crippen molar-refractivity contribution >= 4 is 16.3 Å². The van der Waals surface area contributed by atoms with Crippen LogP contribution in [0.3, 0.4) is 0 Å². The van der Waals surface area contributed by atoms with Crippen LogP contribution in [0.1, 0.15) is 22.7 Å². The summed E-state index contributed by atoms with van der Waals surface area (Å²) in [6, 6.07) is 0. The monoisotopic (exact) mass is 188 g/mol. The summed E-state index contributed by atoms with van der Waals surface area (Å²) in [5.74, 6) is 2.57. The van der Waals surface area contributed by atoms with Gasteiger partial charge in [0.25, 0.3) is 0 Å². The molecule has 0 aliphatic heterocycles. The maximum Gasteiger partial charge on any atom is 0.195 e. The van der Waals surface area contributed by atoms with Gasteiger partial charge >= 0.3 is 0 Å². The number of imidazole rings is 1. The van der Waals surface area contributed by atoms with E-state index in [2.05, 4.69) is 15.3 Å². The molecule has 0 radical (unpaired) electrons. The highest BCUT2D eigenvalue weighted by Gasteiger charge is 2.18. The summed E-state index contributed by atoms with van der Waals surface area (Å²) < 4.78 is 2.15. The number of aromatic nitrogens is 2. The lowest BCUT2D eigenvalue weighted by molar-refractivity contribution is 0.888. The Morgan fingerprint density at radius 2 is 2.46 bits per heavy atom. The third-order valence-corrected chi connectivity index (χ3v) is 3.62. The van der Waals surface area contributed by atoms with Crippen molar-refractivity contribution in [2.75, 3.05) is 0 Å². The predicted molar refractivity (Wildman–Crippen MR) is 53.0 cm³/mol. The van der Waals surface area contributed by atoms with Gasteiger partial charge < -0.3 is 0 Å². The van der Waals surface area contributed by atoms with Crippen molar-refractivity contribution in [3.8, 4) is 12.3 Å². The van der Waals surface area contributed by atoms with Gasteiger partial charge in [-0.25, -0.2) is 4.98 Å². The fourth-order valence-corrected chi connectivity index (χ4v) is 3.06. The third kappa shape index (κ3) is 0.866. The van der Waals surface area contributed by atoms with E-state index < -0.39 is 0 Å². The van der Waals surface area contributed by atoms with Crippen molar-refractivity contribution in [1.29, 1.82) is 0 Å². The zero-order valence-electron chi connectivity index (χ0n) is 7.08. The molecule has 0 saturated heterocycles. The minimum atomic E-state index is 0.751. The summed E-state index contributed by atoms with van der Waals surface area (Å²) in [6.45, 7) is 0. The number of hydrogen-bond donors (Lipinski definition) is 0. The summed E-state index contributed by atoms with van der Waals surface area (Å²) in [4.78, 5) is 6.89. The second-order valence-electron chi connectivity index (χ2n) is 3.25. The van der Waals surface area contributed by atoms with Gasteiger partial charge in [-0.3, -0.25) is 4.40 Å². The summed E-state index contributed by atoms with van der Waals surface area (Å²) >= 11 is 1.78. The first-order chi connectivity index (χ1) is 6.38. The Hall–Kier alpha value is -1.27. The van der Waals surface area contributed by atoms with Gasteiger partial charge in [-0.05, 0) is 25.2 Å². The summed E-state index contributed by atoms with van der Waals surface area (Å²) in [7, 11) is 0. The highest BCUT2D eigenvalue weighted by atomic mass is 32.1. The fourth-order valence-electron chi connectivity index (χ4n) is 1.87. The van der Waals surface area contributed by atoms with Gasteiger partial charge in [0.15, 0.2) is 4.96 Å². The van der Waals surface area contributed by atoms with Crippen molar-refractivity contribution in [2.45, 2.75) is 19.3 Å². The molecule has 2 aromatic rings. The Balaban J connectivity index is 2.35. The SMILES string of the molecule is C#Cc1cn2c3c(sc2n1)CCC3. The van der Waals surface area contributed by atoms with Gasteiger partial charge in [0.05, 0.1) is 0 Å². The molecule has 13 heavy (non-hydrogen) atoms. The van der Waals surface area contributed by atoms with Crippen LogP contribution >= 0.6 is 11.3 Å². The molecule has 2 aromatic heterocycles. The van der Waals surface area contributed by atoms with E-state index in [9.17, 15) is 0 Å². The molecule has 1 aliphatic rings. The molecule has 3 rings (SSSR count). The second kappa shape index (κ2) is 2.36. The minimum absolute atomic E-state index is 0.751. The number of hydrogen-bond acceptors (Lipinski definition) is 2. The van der Waals surface area contributed by atoms with Gasteiger partial charge in [0, 0.05) is 16.8 Å². The molecule has 64 valence electrons. The molecule has 0 amide bonds. The average molecular weight is 188 g/mol. The number of rotatable bonds is 0. The standard InChI is InChI=1S/C10H8N2S/c1-2-7-6-12-8-4-3-5-9(8)13-10(12)11-7/h1,6H,3-5H2. The Kier molecular flexibility index (Phi) is 1.30. The number of thiazole rings is 1. The van der Waals surface area contributed by atoms with E-state index in [1.807, 2.05) is 6.20 Å². The number of aryl methyl sites for hydroxylation is 2. The van der Waals surface area contributed by atoms with Crippen molar-refractivity contribution in [3.63, 3.8) is 0 Å². The van der Waals surface area contributed by atoms with Crippen molar-refractivity contribution in [2.24, 2.45) is 0 Å². The summed E-state index contributed by atoms with van der Waals surface area (Å²) in [6.07, 6.45) is 10.9. The number of nitrogens with zero attached hydrogens (tertiary/aromatic N) is 2. The second-order valence-corrected chi connectivity index (χ2v) is 4.31. The van der Waals surface area contributed by atoms with Crippen LogP contribution in [0.15, 0.2) is 6.20 Å². The molecule has 0 aromatic carbocycles. The largest absolute Gasteiger partial charge is 0.293 e. The quantitative estimate of drug-likeness (QED) is 0.577. The van der Waals surface area contributed by atoms with Crippen LogP contribution < -0.4 is 0 Å². The van der Waals surface area contributed by atoms with Gasteiger partial charge in [-0.15, -0.1) is 17.8 Å². The number of terminal acetylenes is 1. The fraction of sp³-hybridized carbons (Fsp3) is 0.300.